The molecule has 0 bridgehead atoms. The first-order valence-electron chi connectivity index (χ1n) is 14.0. The molecule has 3 aromatic rings. The Kier molecular flexibility index (Phi) is 11.4. The number of carbonyl (C=O) groups is 2. The van der Waals surface area contributed by atoms with Gasteiger partial charge in [-0.3, -0.25) is 13.9 Å². The standard InChI is InChI=1S/C32H41N3O6S/c1-7-19-33-32(37)28(8-2)34(21-25-12-10-9-11-24(25)4)31(36)22-35(26-15-13-23(3)14-16-26)42(38,39)27-17-18-29(40-5)30(20-27)41-6/h9-18,20,28H,7-8,19,21-22H2,1-6H3,(H,33,37)/t28-/m1/s1. The highest BCUT2D eigenvalue weighted by Gasteiger charge is 2.34. The number of anilines is 1. The van der Waals surface area contributed by atoms with Crippen LogP contribution in [0.2, 0.25) is 0 Å². The molecule has 0 aliphatic heterocycles. The zero-order valence-electron chi connectivity index (χ0n) is 25.2. The predicted octanol–water partition coefficient (Wildman–Crippen LogP) is 4.85. The lowest BCUT2D eigenvalue weighted by molar-refractivity contribution is -0.140. The number of amides is 2. The van der Waals surface area contributed by atoms with E-state index in [1.165, 1.54) is 37.3 Å². The minimum atomic E-state index is -4.25. The van der Waals surface area contributed by atoms with Crippen molar-refractivity contribution in [2.45, 2.75) is 58.0 Å². The van der Waals surface area contributed by atoms with Crippen LogP contribution in [0, 0.1) is 13.8 Å². The van der Waals surface area contributed by atoms with E-state index >= 15 is 0 Å². The number of sulfonamides is 1. The van der Waals surface area contributed by atoms with Gasteiger partial charge in [0.2, 0.25) is 11.8 Å². The smallest absolute Gasteiger partial charge is 0.264 e. The van der Waals surface area contributed by atoms with Crippen LogP contribution in [0.25, 0.3) is 0 Å². The van der Waals surface area contributed by atoms with Gasteiger partial charge in [-0.1, -0.05) is 55.8 Å². The molecule has 0 saturated carbocycles. The fourth-order valence-corrected chi connectivity index (χ4v) is 6.03. The van der Waals surface area contributed by atoms with E-state index in [0.29, 0.717) is 24.4 Å². The largest absolute Gasteiger partial charge is 0.493 e. The van der Waals surface area contributed by atoms with Crippen molar-refractivity contribution in [3.63, 3.8) is 0 Å². The predicted molar refractivity (Wildman–Crippen MR) is 164 cm³/mol. The molecule has 0 heterocycles. The third-order valence-corrected chi connectivity index (χ3v) is 8.85. The molecule has 0 aromatic heterocycles. The highest BCUT2D eigenvalue weighted by molar-refractivity contribution is 7.92. The summed E-state index contributed by atoms with van der Waals surface area (Å²) in [5.41, 5.74) is 3.10. The Bertz CT molecular complexity index is 1470. The fraction of sp³-hybridized carbons (Fsp3) is 0.375. The molecule has 3 rings (SSSR count). The van der Waals surface area contributed by atoms with Gasteiger partial charge in [0.15, 0.2) is 11.5 Å². The Hall–Kier alpha value is -4.05. The van der Waals surface area contributed by atoms with Crippen LogP contribution in [0.3, 0.4) is 0 Å². The normalized spacial score (nSPS) is 11.9. The number of ether oxygens (including phenoxy) is 2. The minimum absolute atomic E-state index is 0.0632. The molecule has 42 heavy (non-hydrogen) atoms. The molecule has 0 fully saturated rings. The molecule has 0 saturated heterocycles. The zero-order chi connectivity index (χ0) is 30.9. The Balaban J connectivity index is 2.10. The van der Waals surface area contributed by atoms with E-state index in [1.807, 2.05) is 52.0 Å². The number of benzene rings is 3. The molecular formula is C32H41N3O6S. The molecule has 2 amide bonds. The van der Waals surface area contributed by atoms with E-state index in [4.69, 9.17) is 9.47 Å². The van der Waals surface area contributed by atoms with Gasteiger partial charge in [0, 0.05) is 19.2 Å². The third kappa shape index (κ3) is 7.61. The van der Waals surface area contributed by atoms with Gasteiger partial charge in [-0.05, 0) is 62.1 Å². The van der Waals surface area contributed by atoms with Gasteiger partial charge in [-0.15, -0.1) is 0 Å². The summed E-state index contributed by atoms with van der Waals surface area (Å²) >= 11 is 0. The average Bonchev–Trinajstić information content (AvgIpc) is 2.99. The molecule has 9 nitrogen and oxygen atoms in total. The number of rotatable bonds is 14. The first-order valence-corrected chi connectivity index (χ1v) is 15.4. The number of nitrogens with one attached hydrogen (secondary N) is 1. The lowest BCUT2D eigenvalue weighted by Gasteiger charge is -2.33. The monoisotopic (exact) mass is 595 g/mol. The van der Waals surface area contributed by atoms with Crippen LogP contribution in [0.15, 0.2) is 71.6 Å². The van der Waals surface area contributed by atoms with E-state index in [2.05, 4.69) is 5.32 Å². The van der Waals surface area contributed by atoms with Gasteiger partial charge in [0.05, 0.1) is 24.8 Å². The number of aryl methyl sites for hydroxylation is 2. The van der Waals surface area contributed by atoms with E-state index in [0.717, 1.165) is 27.4 Å². The van der Waals surface area contributed by atoms with Gasteiger partial charge >= 0.3 is 0 Å². The molecule has 0 aliphatic carbocycles. The molecule has 226 valence electrons. The number of hydrogen-bond donors (Lipinski definition) is 1. The molecule has 1 atom stereocenters. The zero-order valence-corrected chi connectivity index (χ0v) is 26.0. The van der Waals surface area contributed by atoms with Gasteiger partial charge in [-0.25, -0.2) is 8.42 Å². The summed E-state index contributed by atoms with van der Waals surface area (Å²) in [4.78, 5) is 28.8. The summed E-state index contributed by atoms with van der Waals surface area (Å²) < 4.78 is 40.0. The lowest BCUT2D eigenvalue weighted by Crippen LogP contribution is -2.52. The van der Waals surface area contributed by atoms with E-state index in [9.17, 15) is 18.0 Å². The maximum Gasteiger partial charge on any atom is 0.264 e. The lowest BCUT2D eigenvalue weighted by atomic mass is 10.1. The minimum Gasteiger partial charge on any atom is -0.493 e. The van der Waals surface area contributed by atoms with Gasteiger partial charge in [-0.2, -0.15) is 0 Å². The molecule has 0 radical (unpaired) electrons. The number of carbonyl (C=O) groups excluding carboxylic acids is 2. The van der Waals surface area contributed by atoms with Crippen molar-refractivity contribution in [2.75, 3.05) is 31.6 Å². The highest BCUT2D eigenvalue weighted by Crippen LogP contribution is 2.32. The van der Waals surface area contributed by atoms with Gasteiger partial charge in [0.25, 0.3) is 10.0 Å². The molecule has 10 heteroatoms. The Labute approximate surface area is 249 Å². The van der Waals surface area contributed by atoms with E-state index in [-0.39, 0.29) is 23.1 Å². The molecular weight excluding hydrogens is 554 g/mol. The van der Waals surface area contributed by atoms with Crippen LogP contribution in [0.4, 0.5) is 5.69 Å². The van der Waals surface area contributed by atoms with Crippen molar-refractivity contribution in [1.82, 2.24) is 10.2 Å². The van der Waals surface area contributed by atoms with Crippen LogP contribution in [0.1, 0.15) is 43.4 Å². The number of nitrogens with zero attached hydrogens (tertiary/aromatic N) is 2. The second-order valence-corrected chi connectivity index (χ2v) is 11.9. The van der Waals surface area contributed by atoms with Crippen LogP contribution >= 0.6 is 0 Å². The second kappa shape index (κ2) is 14.7. The fourth-order valence-electron chi connectivity index (χ4n) is 4.60. The van der Waals surface area contributed by atoms with E-state index < -0.39 is 28.5 Å². The van der Waals surface area contributed by atoms with Crippen LogP contribution in [-0.4, -0.2) is 58.5 Å². The average molecular weight is 596 g/mol. The molecule has 0 aliphatic rings. The Morgan fingerprint density at radius 1 is 0.905 bits per heavy atom. The summed E-state index contributed by atoms with van der Waals surface area (Å²) in [7, 11) is -1.36. The van der Waals surface area contributed by atoms with Crippen molar-refractivity contribution in [1.29, 1.82) is 0 Å². The molecule has 3 aromatic carbocycles. The molecule has 1 N–H and O–H groups in total. The van der Waals surface area contributed by atoms with E-state index in [1.54, 1.807) is 24.3 Å². The van der Waals surface area contributed by atoms with Crippen molar-refractivity contribution >= 4 is 27.5 Å². The summed E-state index contributed by atoms with van der Waals surface area (Å²) in [6, 6.07) is 18.1. The number of methoxy groups -OCH3 is 2. The Morgan fingerprint density at radius 2 is 1.57 bits per heavy atom. The van der Waals surface area contributed by atoms with Gasteiger partial charge < -0.3 is 19.7 Å². The van der Waals surface area contributed by atoms with Gasteiger partial charge in [0.1, 0.15) is 12.6 Å². The summed E-state index contributed by atoms with van der Waals surface area (Å²) in [6.45, 7) is 7.75. The second-order valence-electron chi connectivity index (χ2n) is 10.0. The van der Waals surface area contributed by atoms with Crippen LogP contribution < -0.4 is 19.1 Å². The number of hydrogen-bond acceptors (Lipinski definition) is 6. The van der Waals surface area contributed by atoms with Crippen molar-refractivity contribution in [3.05, 3.63) is 83.4 Å². The maximum atomic E-state index is 14.2. The topological polar surface area (TPSA) is 105 Å². The van der Waals surface area contributed by atoms with Crippen LogP contribution in [0.5, 0.6) is 11.5 Å². The highest BCUT2D eigenvalue weighted by atomic mass is 32.2. The van der Waals surface area contributed by atoms with Crippen LogP contribution in [-0.2, 0) is 26.2 Å². The molecule has 0 unspecified atom stereocenters. The van der Waals surface area contributed by atoms with Crippen molar-refractivity contribution in [3.8, 4) is 11.5 Å². The quantitative estimate of drug-likeness (QED) is 0.286. The first-order chi connectivity index (χ1) is 20.1. The maximum absolute atomic E-state index is 14.2. The summed E-state index contributed by atoms with van der Waals surface area (Å²) in [5.74, 6) is -0.149. The van der Waals surface area contributed by atoms with Crippen molar-refractivity contribution < 1.29 is 27.5 Å². The molecule has 0 spiro atoms. The first kappa shape index (κ1) is 32.5. The summed E-state index contributed by atoms with van der Waals surface area (Å²) in [5, 5.41) is 2.90. The summed E-state index contributed by atoms with van der Waals surface area (Å²) in [6.07, 6.45) is 1.11. The Morgan fingerprint density at radius 3 is 2.17 bits per heavy atom. The SMILES string of the molecule is CCCNC(=O)[C@@H](CC)N(Cc1ccccc1C)C(=O)CN(c1ccc(C)cc1)S(=O)(=O)c1ccc(OC)c(OC)c1. The third-order valence-electron chi connectivity index (χ3n) is 7.08. The van der Waals surface area contributed by atoms with Crippen molar-refractivity contribution in [2.24, 2.45) is 0 Å².